The number of hydrogen-bond acceptors (Lipinski definition) is 4. The Hall–Kier alpha value is -2.67. The minimum Gasteiger partial charge on any atom is -0.456 e. The highest BCUT2D eigenvalue weighted by molar-refractivity contribution is 9.10. The predicted octanol–water partition coefficient (Wildman–Crippen LogP) is 4.92. The van der Waals surface area contributed by atoms with E-state index in [1.165, 1.54) is 0 Å². The minimum atomic E-state index is -0.505. The van der Waals surface area contributed by atoms with E-state index in [0.29, 0.717) is 12.1 Å². The second-order valence-corrected chi connectivity index (χ2v) is 7.84. The molecule has 0 atom stereocenters. The molecule has 0 fully saturated rings. The van der Waals surface area contributed by atoms with Gasteiger partial charge in [0.15, 0.2) is 6.61 Å². The lowest BCUT2D eigenvalue weighted by molar-refractivity contribution is -0.147. The van der Waals surface area contributed by atoms with Gasteiger partial charge in [-0.2, -0.15) is 0 Å². The molecule has 2 aromatic rings. The van der Waals surface area contributed by atoms with Crippen LogP contribution in [0.15, 0.2) is 40.9 Å². The van der Waals surface area contributed by atoms with Crippen molar-refractivity contribution >= 4 is 45.1 Å². The van der Waals surface area contributed by atoms with Gasteiger partial charge < -0.3 is 15.4 Å². The first kappa shape index (κ1) is 23.6. The zero-order valence-corrected chi connectivity index (χ0v) is 19.1. The molecule has 0 aliphatic rings. The molecule has 7 heteroatoms. The van der Waals surface area contributed by atoms with Crippen molar-refractivity contribution in [2.45, 2.75) is 46.5 Å². The lowest BCUT2D eigenvalue weighted by Crippen LogP contribution is -2.21. The van der Waals surface area contributed by atoms with Crippen molar-refractivity contribution in [3.8, 4) is 0 Å². The van der Waals surface area contributed by atoms with Gasteiger partial charge in [-0.05, 0) is 61.6 Å². The van der Waals surface area contributed by atoms with Crippen LogP contribution < -0.4 is 10.6 Å². The van der Waals surface area contributed by atoms with Gasteiger partial charge in [-0.25, -0.2) is 0 Å². The first-order valence-electron chi connectivity index (χ1n) is 9.90. The van der Waals surface area contributed by atoms with Gasteiger partial charge in [-0.15, -0.1) is 0 Å². The Morgan fingerprint density at radius 3 is 2.30 bits per heavy atom. The molecule has 2 N–H and O–H groups in total. The molecule has 0 aromatic heterocycles. The second kappa shape index (κ2) is 11.5. The van der Waals surface area contributed by atoms with Gasteiger partial charge in [0.2, 0.25) is 5.91 Å². The molecule has 2 aromatic carbocycles. The van der Waals surface area contributed by atoms with Gasteiger partial charge in [0.05, 0.1) is 0 Å². The number of carbonyl (C=O) groups is 3. The van der Waals surface area contributed by atoms with Crippen LogP contribution in [0.2, 0.25) is 0 Å². The van der Waals surface area contributed by atoms with Crippen molar-refractivity contribution in [3.63, 3.8) is 0 Å². The molecule has 160 valence electrons. The number of esters is 1. The van der Waals surface area contributed by atoms with Gasteiger partial charge >= 0.3 is 5.97 Å². The molecule has 0 aliphatic carbocycles. The Balaban J connectivity index is 1.69. The number of amides is 2. The SMILES string of the molecule is CCc1ccccc1NC(=O)CCCC(=O)OCC(=O)Nc1cc(C)c(Br)c(C)c1. The van der Waals surface area contributed by atoms with Crippen molar-refractivity contribution in [2.75, 3.05) is 17.2 Å². The molecule has 0 aliphatic heterocycles. The highest BCUT2D eigenvalue weighted by atomic mass is 79.9. The summed E-state index contributed by atoms with van der Waals surface area (Å²) < 4.78 is 6.00. The van der Waals surface area contributed by atoms with Gasteiger partial charge in [-0.1, -0.05) is 41.1 Å². The molecule has 0 radical (unpaired) electrons. The Morgan fingerprint density at radius 1 is 0.967 bits per heavy atom. The largest absolute Gasteiger partial charge is 0.456 e. The van der Waals surface area contributed by atoms with Crippen LogP contribution in [0.5, 0.6) is 0 Å². The molecular weight excluding hydrogens is 448 g/mol. The van der Waals surface area contributed by atoms with E-state index in [1.807, 2.05) is 57.2 Å². The molecule has 2 rings (SSSR count). The molecule has 0 saturated heterocycles. The van der Waals surface area contributed by atoms with E-state index in [4.69, 9.17) is 4.74 Å². The monoisotopic (exact) mass is 474 g/mol. The van der Waals surface area contributed by atoms with Gasteiger partial charge in [0, 0.05) is 28.7 Å². The first-order chi connectivity index (χ1) is 14.3. The number of carbonyl (C=O) groups excluding carboxylic acids is 3. The quantitative estimate of drug-likeness (QED) is 0.505. The first-order valence-corrected chi connectivity index (χ1v) is 10.7. The average Bonchev–Trinajstić information content (AvgIpc) is 2.71. The Bertz CT molecular complexity index is 904. The number of ether oxygens (including phenoxy) is 1. The zero-order chi connectivity index (χ0) is 22.1. The van der Waals surface area contributed by atoms with Crippen LogP contribution in [0.25, 0.3) is 0 Å². The summed E-state index contributed by atoms with van der Waals surface area (Å²) in [5.41, 5.74) is 4.51. The molecule has 2 amide bonds. The van der Waals surface area contributed by atoms with Gasteiger partial charge in [0.25, 0.3) is 5.91 Å². The van der Waals surface area contributed by atoms with Crippen LogP contribution in [-0.2, 0) is 25.5 Å². The molecule has 0 unspecified atom stereocenters. The van der Waals surface area contributed by atoms with E-state index < -0.39 is 11.9 Å². The van der Waals surface area contributed by atoms with E-state index >= 15 is 0 Å². The molecule has 30 heavy (non-hydrogen) atoms. The summed E-state index contributed by atoms with van der Waals surface area (Å²) in [6.45, 7) is 5.53. The molecule has 6 nitrogen and oxygen atoms in total. The van der Waals surface area contributed by atoms with Crippen LogP contribution >= 0.6 is 15.9 Å². The summed E-state index contributed by atoms with van der Waals surface area (Å²) in [7, 11) is 0. The topological polar surface area (TPSA) is 84.5 Å². The van der Waals surface area contributed by atoms with Crippen molar-refractivity contribution in [1.82, 2.24) is 0 Å². The van der Waals surface area contributed by atoms with E-state index in [1.54, 1.807) is 0 Å². The van der Waals surface area contributed by atoms with E-state index in [-0.39, 0.29) is 25.4 Å². The summed E-state index contributed by atoms with van der Waals surface area (Å²) in [4.78, 5) is 35.9. The van der Waals surface area contributed by atoms with Crippen molar-refractivity contribution < 1.29 is 19.1 Å². The van der Waals surface area contributed by atoms with Crippen LogP contribution in [0.3, 0.4) is 0 Å². The van der Waals surface area contributed by atoms with Crippen molar-refractivity contribution in [3.05, 3.63) is 57.6 Å². The van der Waals surface area contributed by atoms with Crippen LogP contribution in [0.4, 0.5) is 11.4 Å². The van der Waals surface area contributed by atoms with Gasteiger partial charge in [-0.3, -0.25) is 14.4 Å². The number of halogens is 1. The van der Waals surface area contributed by atoms with Gasteiger partial charge in [0.1, 0.15) is 0 Å². The summed E-state index contributed by atoms with van der Waals surface area (Å²) >= 11 is 3.48. The summed E-state index contributed by atoms with van der Waals surface area (Å²) in [6, 6.07) is 11.3. The number of para-hydroxylation sites is 1. The number of benzene rings is 2. The fraction of sp³-hybridized carbons (Fsp3) is 0.348. The number of nitrogens with one attached hydrogen (secondary N) is 2. The third-order valence-electron chi connectivity index (χ3n) is 4.54. The van der Waals surface area contributed by atoms with E-state index in [0.717, 1.165) is 33.3 Å². The number of aryl methyl sites for hydroxylation is 3. The average molecular weight is 475 g/mol. The molecule has 0 saturated carbocycles. The molecular formula is C23H27BrN2O4. The summed E-state index contributed by atoms with van der Waals surface area (Å²) in [5, 5.41) is 5.58. The minimum absolute atomic E-state index is 0.0760. The smallest absolute Gasteiger partial charge is 0.306 e. The third kappa shape index (κ3) is 7.30. The van der Waals surface area contributed by atoms with E-state index in [9.17, 15) is 14.4 Å². The fourth-order valence-electron chi connectivity index (χ4n) is 2.99. The number of anilines is 2. The second-order valence-electron chi connectivity index (χ2n) is 7.05. The lowest BCUT2D eigenvalue weighted by Gasteiger charge is -2.10. The highest BCUT2D eigenvalue weighted by Crippen LogP contribution is 2.25. The van der Waals surface area contributed by atoms with Crippen LogP contribution in [0.1, 0.15) is 42.9 Å². The summed E-state index contributed by atoms with van der Waals surface area (Å²) in [6.07, 6.45) is 1.46. The maximum atomic E-state index is 12.1. The maximum Gasteiger partial charge on any atom is 0.306 e. The molecule has 0 spiro atoms. The molecule has 0 heterocycles. The lowest BCUT2D eigenvalue weighted by atomic mass is 10.1. The van der Waals surface area contributed by atoms with Crippen LogP contribution in [-0.4, -0.2) is 24.4 Å². The Labute approximate surface area is 185 Å². The number of hydrogen-bond donors (Lipinski definition) is 2. The zero-order valence-electron chi connectivity index (χ0n) is 17.5. The standard InChI is InChI=1S/C23H27BrN2O4/c1-4-17-8-5-6-9-19(17)26-20(27)10-7-11-22(29)30-14-21(28)25-18-12-15(2)23(24)16(3)13-18/h5-6,8-9,12-13H,4,7,10-11,14H2,1-3H3,(H,25,28)(H,26,27). The fourth-order valence-corrected chi connectivity index (χ4v) is 3.22. The van der Waals surface area contributed by atoms with Crippen molar-refractivity contribution in [2.24, 2.45) is 0 Å². The predicted molar refractivity (Wildman–Crippen MR) is 122 cm³/mol. The Kier molecular flexibility index (Phi) is 9.05. The maximum absolute atomic E-state index is 12.1. The third-order valence-corrected chi connectivity index (χ3v) is 5.79. The van der Waals surface area contributed by atoms with Crippen LogP contribution in [0, 0.1) is 13.8 Å². The molecule has 0 bridgehead atoms. The van der Waals surface area contributed by atoms with Crippen molar-refractivity contribution in [1.29, 1.82) is 0 Å². The Morgan fingerprint density at radius 2 is 1.63 bits per heavy atom. The number of rotatable bonds is 9. The summed E-state index contributed by atoms with van der Waals surface area (Å²) in [5.74, 6) is -1.06. The van der Waals surface area contributed by atoms with E-state index in [2.05, 4.69) is 26.6 Å². The normalized spacial score (nSPS) is 10.4. The highest BCUT2D eigenvalue weighted by Gasteiger charge is 2.11.